The molecule has 29 heavy (non-hydrogen) atoms. The van der Waals surface area contributed by atoms with Crippen molar-refractivity contribution in [1.29, 1.82) is 0 Å². The third-order valence-corrected chi connectivity index (χ3v) is 4.27. The van der Waals surface area contributed by atoms with Gasteiger partial charge in [0, 0.05) is 11.8 Å². The highest BCUT2D eigenvalue weighted by atomic mass is 16.5. The first-order chi connectivity index (χ1) is 14.0. The van der Waals surface area contributed by atoms with Crippen LogP contribution in [0.15, 0.2) is 60.7 Å². The number of esters is 1. The lowest BCUT2D eigenvalue weighted by molar-refractivity contribution is 0.0600. The highest BCUT2D eigenvalue weighted by Gasteiger charge is 2.15. The van der Waals surface area contributed by atoms with Gasteiger partial charge in [0.15, 0.2) is 0 Å². The fourth-order valence-corrected chi connectivity index (χ4v) is 2.83. The Morgan fingerprint density at radius 3 is 2.48 bits per heavy atom. The van der Waals surface area contributed by atoms with Crippen LogP contribution in [0.4, 0.5) is 11.5 Å². The van der Waals surface area contributed by atoms with Crippen LogP contribution in [-0.2, 0) is 4.74 Å². The van der Waals surface area contributed by atoms with E-state index in [0.717, 1.165) is 5.56 Å². The lowest BCUT2D eigenvalue weighted by Crippen LogP contribution is -2.27. The Labute approximate surface area is 169 Å². The molecule has 0 saturated heterocycles. The summed E-state index contributed by atoms with van der Waals surface area (Å²) in [5.41, 5.74) is 2.32. The lowest BCUT2D eigenvalue weighted by atomic mass is 10.1. The molecule has 0 fully saturated rings. The summed E-state index contributed by atoms with van der Waals surface area (Å²) < 4.78 is 4.74. The summed E-state index contributed by atoms with van der Waals surface area (Å²) >= 11 is 0. The fourth-order valence-electron chi connectivity index (χ4n) is 2.83. The van der Waals surface area contributed by atoms with Gasteiger partial charge in [0.1, 0.15) is 17.3 Å². The molecule has 7 heteroatoms. The molecule has 3 rings (SSSR count). The average Bonchev–Trinajstić information content (AvgIpc) is 2.73. The summed E-state index contributed by atoms with van der Waals surface area (Å²) in [5.74, 6) is 0.189. The van der Waals surface area contributed by atoms with E-state index in [1.54, 1.807) is 37.3 Å². The van der Waals surface area contributed by atoms with Crippen LogP contribution < -0.4 is 10.6 Å². The molecule has 2 N–H and O–H groups in total. The molecule has 7 nitrogen and oxygen atoms in total. The standard InChI is InChI=1S/C22H22N4O3/c1-14(16-8-5-4-6-9-16)23-21(27)19-13-20(25-15(2)24-19)26-18-11-7-10-17(12-18)22(28)29-3/h4-14H,1-3H3,(H,23,27)(H,24,25,26). The van der Waals surface area contributed by atoms with Crippen molar-refractivity contribution in [3.63, 3.8) is 0 Å². The summed E-state index contributed by atoms with van der Waals surface area (Å²) in [6, 6.07) is 17.9. The third-order valence-electron chi connectivity index (χ3n) is 4.27. The van der Waals surface area contributed by atoms with Gasteiger partial charge in [-0.2, -0.15) is 0 Å². The lowest BCUT2D eigenvalue weighted by Gasteiger charge is -2.15. The second-order valence-corrected chi connectivity index (χ2v) is 6.49. The zero-order valence-corrected chi connectivity index (χ0v) is 16.5. The molecule has 1 amide bonds. The molecule has 148 valence electrons. The molecule has 0 radical (unpaired) electrons. The van der Waals surface area contributed by atoms with Crippen LogP contribution in [0, 0.1) is 6.92 Å². The van der Waals surface area contributed by atoms with E-state index in [4.69, 9.17) is 4.74 Å². The highest BCUT2D eigenvalue weighted by Crippen LogP contribution is 2.18. The summed E-state index contributed by atoms with van der Waals surface area (Å²) in [4.78, 5) is 33.0. The molecule has 3 aromatic rings. The Morgan fingerprint density at radius 1 is 1.00 bits per heavy atom. The molecule has 0 saturated carbocycles. The normalized spacial score (nSPS) is 11.4. The number of hydrogen-bond donors (Lipinski definition) is 2. The summed E-state index contributed by atoms with van der Waals surface area (Å²) in [7, 11) is 1.33. The van der Waals surface area contributed by atoms with Gasteiger partial charge in [0.2, 0.25) is 0 Å². The van der Waals surface area contributed by atoms with Gasteiger partial charge in [0.05, 0.1) is 18.7 Å². The first kappa shape index (κ1) is 20.0. The van der Waals surface area contributed by atoms with Gasteiger partial charge in [-0.3, -0.25) is 4.79 Å². The van der Waals surface area contributed by atoms with Crippen molar-refractivity contribution < 1.29 is 14.3 Å². The van der Waals surface area contributed by atoms with E-state index in [-0.39, 0.29) is 17.6 Å². The first-order valence-electron chi connectivity index (χ1n) is 9.13. The fraction of sp³-hybridized carbons (Fsp3) is 0.182. The van der Waals surface area contributed by atoms with E-state index < -0.39 is 5.97 Å². The maximum absolute atomic E-state index is 12.7. The minimum Gasteiger partial charge on any atom is -0.465 e. The number of hydrogen-bond acceptors (Lipinski definition) is 6. The van der Waals surface area contributed by atoms with Gasteiger partial charge in [-0.1, -0.05) is 36.4 Å². The van der Waals surface area contributed by atoms with Crippen LogP contribution in [0.2, 0.25) is 0 Å². The number of aryl methyl sites for hydroxylation is 1. The SMILES string of the molecule is COC(=O)c1cccc(Nc2cc(C(=O)NC(C)c3ccccc3)nc(C)n2)c1. The Bertz CT molecular complexity index is 1020. The molecule has 1 atom stereocenters. The van der Waals surface area contributed by atoms with Crippen LogP contribution in [0.3, 0.4) is 0 Å². The van der Waals surface area contributed by atoms with E-state index in [2.05, 4.69) is 20.6 Å². The number of rotatable bonds is 6. The van der Waals surface area contributed by atoms with E-state index in [9.17, 15) is 9.59 Å². The number of carbonyl (C=O) groups is 2. The predicted octanol–water partition coefficient (Wildman–Crippen LogP) is 3.81. The number of anilines is 2. The molecular formula is C22H22N4O3. The number of nitrogens with zero attached hydrogens (tertiary/aromatic N) is 2. The van der Waals surface area contributed by atoms with Gasteiger partial charge in [0.25, 0.3) is 5.91 Å². The monoisotopic (exact) mass is 390 g/mol. The molecule has 0 bridgehead atoms. The molecule has 1 heterocycles. The van der Waals surface area contributed by atoms with Crippen molar-refractivity contribution in [2.24, 2.45) is 0 Å². The smallest absolute Gasteiger partial charge is 0.337 e. The van der Waals surface area contributed by atoms with Crippen molar-refractivity contribution in [3.8, 4) is 0 Å². The van der Waals surface area contributed by atoms with Gasteiger partial charge in [-0.15, -0.1) is 0 Å². The molecule has 0 aliphatic heterocycles. The van der Waals surface area contributed by atoms with Crippen LogP contribution >= 0.6 is 0 Å². The Balaban J connectivity index is 1.77. The Kier molecular flexibility index (Phi) is 6.19. The van der Waals surface area contributed by atoms with Crippen LogP contribution in [-0.4, -0.2) is 29.0 Å². The summed E-state index contributed by atoms with van der Waals surface area (Å²) in [6.45, 7) is 3.63. The van der Waals surface area contributed by atoms with E-state index >= 15 is 0 Å². The molecule has 0 spiro atoms. The summed E-state index contributed by atoms with van der Waals surface area (Å²) in [5, 5.41) is 6.05. The average molecular weight is 390 g/mol. The second-order valence-electron chi connectivity index (χ2n) is 6.49. The largest absolute Gasteiger partial charge is 0.465 e. The van der Waals surface area contributed by atoms with Crippen molar-refractivity contribution in [1.82, 2.24) is 15.3 Å². The maximum atomic E-state index is 12.7. The minimum atomic E-state index is -0.428. The van der Waals surface area contributed by atoms with Gasteiger partial charge in [-0.25, -0.2) is 14.8 Å². The number of amides is 1. The quantitative estimate of drug-likeness (QED) is 0.622. The van der Waals surface area contributed by atoms with Crippen molar-refractivity contribution >= 4 is 23.4 Å². The minimum absolute atomic E-state index is 0.160. The number of methoxy groups -OCH3 is 1. The third kappa shape index (κ3) is 5.16. The van der Waals surface area contributed by atoms with E-state index in [0.29, 0.717) is 22.9 Å². The van der Waals surface area contributed by atoms with Crippen molar-refractivity contribution in [3.05, 3.63) is 83.3 Å². The predicted molar refractivity (Wildman–Crippen MR) is 110 cm³/mol. The van der Waals surface area contributed by atoms with E-state index in [1.807, 2.05) is 37.3 Å². The molecular weight excluding hydrogens is 368 g/mol. The molecule has 0 aliphatic rings. The number of aromatic nitrogens is 2. The molecule has 1 unspecified atom stereocenters. The zero-order valence-electron chi connectivity index (χ0n) is 16.5. The highest BCUT2D eigenvalue weighted by molar-refractivity contribution is 5.93. The summed E-state index contributed by atoms with van der Waals surface area (Å²) in [6.07, 6.45) is 0. The van der Waals surface area contributed by atoms with Gasteiger partial charge in [-0.05, 0) is 37.6 Å². The molecule has 2 aromatic carbocycles. The second kappa shape index (κ2) is 8.97. The molecule has 0 aliphatic carbocycles. The van der Waals surface area contributed by atoms with E-state index in [1.165, 1.54) is 7.11 Å². The van der Waals surface area contributed by atoms with Gasteiger partial charge >= 0.3 is 5.97 Å². The number of nitrogens with one attached hydrogen (secondary N) is 2. The van der Waals surface area contributed by atoms with Crippen LogP contribution in [0.1, 0.15) is 45.2 Å². The zero-order chi connectivity index (χ0) is 20.8. The number of benzene rings is 2. The number of ether oxygens (including phenoxy) is 1. The molecule has 1 aromatic heterocycles. The van der Waals surface area contributed by atoms with Crippen LogP contribution in [0.25, 0.3) is 0 Å². The Hall–Kier alpha value is -3.74. The number of carbonyl (C=O) groups excluding carboxylic acids is 2. The first-order valence-corrected chi connectivity index (χ1v) is 9.13. The Morgan fingerprint density at radius 2 is 1.76 bits per heavy atom. The van der Waals surface area contributed by atoms with Crippen molar-refractivity contribution in [2.45, 2.75) is 19.9 Å². The maximum Gasteiger partial charge on any atom is 0.337 e. The van der Waals surface area contributed by atoms with Crippen LogP contribution in [0.5, 0.6) is 0 Å². The van der Waals surface area contributed by atoms with Gasteiger partial charge < -0.3 is 15.4 Å². The van der Waals surface area contributed by atoms with Crippen molar-refractivity contribution in [2.75, 3.05) is 12.4 Å². The topological polar surface area (TPSA) is 93.2 Å².